The number of H-pyrrole nitrogens is 1. The number of hydrogen-bond acceptors (Lipinski definition) is 4. The van der Waals surface area contributed by atoms with Crippen molar-refractivity contribution in [1.82, 2.24) is 10.2 Å². The molecule has 1 atom stereocenters. The summed E-state index contributed by atoms with van der Waals surface area (Å²) < 4.78 is 20.5. The fraction of sp³-hybridized carbons (Fsp3) is 0.0435. The molecule has 0 fully saturated rings. The van der Waals surface area contributed by atoms with E-state index in [4.69, 9.17) is 22.1 Å². The van der Waals surface area contributed by atoms with Crippen LogP contribution in [0.3, 0.4) is 0 Å². The van der Waals surface area contributed by atoms with Crippen molar-refractivity contribution in [3.05, 3.63) is 94.1 Å². The number of rotatable bonds is 2. The van der Waals surface area contributed by atoms with E-state index in [1.54, 1.807) is 6.07 Å². The van der Waals surface area contributed by atoms with Gasteiger partial charge in [0.1, 0.15) is 17.5 Å². The van der Waals surface area contributed by atoms with Crippen molar-refractivity contribution >= 4 is 22.4 Å². The van der Waals surface area contributed by atoms with E-state index in [-0.39, 0.29) is 27.9 Å². The van der Waals surface area contributed by atoms with Crippen molar-refractivity contribution in [3.63, 3.8) is 0 Å². The van der Waals surface area contributed by atoms with Gasteiger partial charge < -0.3 is 10.5 Å². The molecule has 3 N–H and O–H groups in total. The SMILES string of the molecule is N#CC1=C(N)Oc2n[nH]c(-c3cccc4ccccc34)c2[C@@H]1c1c(F)cccc1Cl. The molecule has 1 aliphatic heterocycles. The minimum absolute atomic E-state index is 0.0809. The number of aromatic nitrogens is 2. The normalized spacial score (nSPS) is 15.6. The van der Waals surface area contributed by atoms with Gasteiger partial charge in [-0.05, 0) is 22.9 Å². The Kier molecular flexibility index (Phi) is 4.19. The second kappa shape index (κ2) is 6.90. The molecule has 3 aromatic carbocycles. The molecule has 1 aliphatic rings. The Labute approximate surface area is 176 Å². The van der Waals surface area contributed by atoms with Gasteiger partial charge in [-0.15, -0.1) is 5.10 Å². The van der Waals surface area contributed by atoms with E-state index < -0.39 is 11.7 Å². The molecule has 0 aliphatic carbocycles. The third kappa shape index (κ3) is 2.64. The largest absolute Gasteiger partial charge is 0.420 e. The Hall–Kier alpha value is -3.82. The summed E-state index contributed by atoms with van der Waals surface area (Å²) in [5.74, 6) is -1.32. The Bertz CT molecular complexity index is 1360. The minimum Gasteiger partial charge on any atom is -0.420 e. The van der Waals surface area contributed by atoms with Gasteiger partial charge in [0.25, 0.3) is 0 Å². The zero-order valence-electron chi connectivity index (χ0n) is 15.5. The summed E-state index contributed by atoms with van der Waals surface area (Å²) in [5, 5.41) is 19.3. The zero-order chi connectivity index (χ0) is 20.8. The highest BCUT2D eigenvalue weighted by atomic mass is 35.5. The van der Waals surface area contributed by atoms with Crippen LogP contribution in [0.15, 0.2) is 72.1 Å². The van der Waals surface area contributed by atoms with Crippen LogP contribution in [0.5, 0.6) is 5.88 Å². The van der Waals surface area contributed by atoms with Crippen molar-refractivity contribution in [2.75, 3.05) is 0 Å². The van der Waals surface area contributed by atoms with Crippen LogP contribution >= 0.6 is 11.6 Å². The smallest absolute Gasteiger partial charge is 0.244 e. The van der Waals surface area contributed by atoms with Crippen LogP contribution < -0.4 is 10.5 Å². The maximum atomic E-state index is 14.9. The molecule has 30 heavy (non-hydrogen) atoms. The predicted molar refractivity (Wildman–Crippen MR) is 112 cm³/mol. The van der Waals surface area contributed by atoms with Gasteiger partial charge in [0, 0.05) is 16.1 Å². The number of benzene rings is 3. The third-order valence-corrected chi connectivity index (χ3v) is 5.62. The van der Waals surface area contributed by atoms with Crippen molar-refractivity contribution in [3.8, 4) is 23.2 Å². The van der Waals surface area contributed by atoms with Crippen LogP contribution in [-0.2, 0) is 0 Å². The minimum atomic E-state index is -0.861. The zero-order valence-corrected chi connectivity index (χ0v) is 16.2. The maximum absolute atomic E-state index is 14.9. The lowest BCUT2D eigenvalue weighted by atomic mass is 9.82. The molecule has 4 aromatic rings. The molecule has 0 spiro atoms. The summed E-state index contributed by atoms with van der Waals surface area (Å²) in [6, 6.07) is 20.2. The van der Waals surface area contributed by atoms with Crippen LogP contribution in [0, 0.1) is 17.1 Å². The highest BCUT2D eigenvalue weighted by Crippen LogP contribution is 2.48. The summed E-state index contributed by atoms with van der Waals surface area (Å²) in [6.45, 7) is 0. The summed E-state index contributed by atoms with van der Waals surface area (Å²) in [7, 11) is 0. The average molecular weight is 417 g/mol. The lowest BCUT2D eigenvalue weighted by Crippen LogP contribution is -2.21. The van der Waals surface area contributed by atoms with E-state index in [2.05, 4.69) is 16.3 Å². The number of nitrogens with zero attached hydrogens (tertiary/aromatic N) is 2. The first-order valence-corrected chi connectivity index (χ1v) is 9.56. The van der Waals surface area contributed by atoms with E-state index in [1.807, 2.05) is 42.5 Å². The van der Waals surface area contributed by atoms with Crippen molar-refractivity contribution in [2.24, 2.45) is 5.73 Å². The Balaban J connectivity index is 1.84. The van der Waals surface area contributed by atoms with Gasteiger partial charge in [-0.2, -0.15) is 5.26 Å². The van der Waals surface area contributed by atoms with Gasteiger partial charge in [-0.1, -0.05) is 60.1 Å². The van der Waals surface area contributed by atoms with Gasteiger partial charge in [0.05, 0.1) is 17.2 Å². The van der Waals surface area contributed by atoms with Crippen molar-refractivity contribution in [2.45, 2.75) is 5.92 Å². The van der Waals surface area contributed by atoms with Gasteiger partial charge in [0.15, 0.2) is 0 Å². The lowest BCUT2D eigenvalue weighted by molar-refractivity contribution is 0.378. The standard InChI is InChI=1S/C23H14ClFN4O/c24-16-9-4-10-17(25)19(16)18-15(11-26)22(27)30-23-20(18)21(28-29-23)14-8-3-6-12-5-1-2-7-13(12)14/h1-10,18H,27H2,(H,28,29)/t18-/m0/s1. The topological polar surface area (TPSA) is 87.7 Å². The molecule has 0 saturated heterocycles. The van der Waals surface area contributed by atoms with E-state index in [0.29, 0.717) is 11.3 Å². The second-order valence-electron chi connectivity index (χ2n) is 6.90. The summed E-state index contributed by atoms with van der Waals surface area (Å²) >= 11 is 6.38. The fourth-order valence-electron chi connectivity index (χ4n) is 3.97. The first kappa shape index (κ1) is 18.2. The van der Waals surface area contributed by atoms with Crippen LogP contribution in [0.25, 0.3) is 22.0 Å². The van der Waals surface area contributed by atoms with E-state index in [9.17, 15) is 9.65 Å². The number of nitriles is 1. The summed E-state index contributed by atoms with van der Waals surface area (Å²) in [5.41, 5.74) is 8.21. The maximum Gasteiger partial charge on any atom is 0.244 e. The quantitative estimate of drug-likeness (QED) is 0.467. The Morgan fingerprint density at radius 1 is 1.07 bits per heavy atom. The number of halogens is 2. The molecule has 0 bridgehead atoms. The first-order valence-electron chi connectivity index (χ1n) is 9.18. The number of ether oxygens (including phenoxy) is 1. The monoisotopic (exact) mass is 416 g/mol. The molecule has 0 amide bonds. The summed E-state index contributed by atoms with van der Waals surface area (Å²) in [4.78, 5) is 0. The van der Waals surface area contributed by atoms with Crippen LogP contribution in [0.1, 0.15) is 17.0 Å². The van der Waals surface area contributed by atoms with Gasteiger partial charge in [0.2, 0.25) is 11.8 Å². The molecule has 0 radical (unpaired) electrons. The van der Waals surface area contributed by atoms with E-state index in [0.717, 1.165) is 16.3 Å². The average Bonchev–Trinajstić information content (AvgIpc) is 3.16. The predicted octanol–water partition coefficient (Wildman–Crippen LogP) is 5.24. The van der Waals surface area contributed by atoms with E-state index >= 15 is 0 Å². The third-order valence-electron chi connectivity index (χ3n) is 5.29. The number of allylic oxidation sites excluding steroid dienone is 1. The Morgan fingerprint density at radius 3 is 2.63 bits per heavy atom. The molecule has 0 saturated carbocycles. The van der Waals surface area contributed by atoms with Crippen molar-refractivity contribution < 1.29 is 9.13 Å². The number of hydrogen-bond donors (Lipinski definition) is 2. The first-order chi connectivity index (χ1) is 14.6. The molecule has 7 heteroatoms. The molecule has 5 rings (SSSR count). The van der Waals surface area contributed by atoms with Crippen LogP contribution in [-0.4, -0.2) is 10.2 Å². The fourth-order valence-corrected chi connectivity index (χ4v) is 4.24. The van der Waals surface area contributed by atoms with Crippen LogP contribution in [0.4, 0.5) is 4.39 Å². The highest BCUT2D eigenvalue weighted by molar-refractivity contribution is 6.31. The molecule has 1 aromatic heterocycles. The molecule has 146 valence electrons. The molecular formula is C23H14ClFN4O. The van der Waals surface area contributed by atoms with Gasteiger partial charge >= 0.3 is 0 Å². The van der Waals surface area contributed by atoms with Crippen LogP contribution in [0.2, 0.25) is 5.02 Å². The molecule has 5 nitrogen and oxygen atoms in total. The van der Waals surface area contributed by atoms with E-state index in [1.165, 1.54) is 12.1 Å². The second-order valence-corrected chi connectivity index (χ2v) is 7.31. The summed E-state index contributed by atoms with van der Waals surface area (Å²) in [6.07, 6.45) is 0. The Morgan fingerprint density at radius 2 is 1.83 bits per heavy atom. The number of nitrogens with two attached hydrogens (primary N) is 1. The van der Waals surface area contributed by atoms with Gasteiger partial charge in [-0.25, -0.2) is 4.39 Å². The lowest BCUT2D eigenvalue weighted by Gasteiger charge is -2.25. The molecule has 0 unspecified atom stereocenters. The number of nitrogens with one attached hydrogen (secondary N) is 1. The molecule has 2 heterocycles. The van der Waals surface area contributed by atoms with Gasteiger partial charge in [-0.3, -0.25) is 5.10 Å². The number of aromatic amines is 1. The number of fused-ring (bicyclic) bond motifs is 2. The van der Waals surface area contributed by atoms with Crippen molar-refractivity contribution in [1.29, 1.82) is 5.26 Å². The molecular weight excluding hydrogens is 403 g/mol. The highest BCUT2D eigenvalue weighted by Gasteiger charge is 2.38.